The number of halogens is 1. The zero-order valence-electron chi connectivity index (χ0n) is 19.3. The maximum Gasteiger partial charge on any atom is 0.0183 e. The molecule has 28 heavy (non-hydrogen) atoms. The number of alkyl halides is 1. The summed E-state index contributed by atoms with van der Waals surface area (Å²) in [4.78, 5) is 0.736. The Bertz CT molecular complexity index is 591. The van der Waals surface area contributed by atoms with Crippen LogP contribution in [-0.2, 0) is 0 Å². The molecule has 4 rings (SSSR count). The molecule has 0 radical (unpaired) electrons. The highest BCUT2D eigenvalue weighted by atomic mass is 79.9. The highest BCUT2D eigenvalue weighted by Crippen LogP contribution is 2.67. The third-order valence-corrected chi connectivity index (χ3v) is 11.0. The first-order chi connectivity index (χ1) is 13.3. The first-order valence-electron chi connectivity index (χ1n) is 12.6. The minimum Gasteiger partial charge on any atom is -0.0887 e. The molecule has 160 valence electrons. The van der Waals surface area contributed by atoms with Gasteiger partial charge in [-0.15, -0.1) is 0 Å². The van der Waals surface area contributed by atoms with Crippen molar-refractivity contribution in [3.05, 3.63) is 11.6 Å². The summed E-state index contributed by atoms with van der Waals surface area (Å²) in [5.41, 5.74) is 2.98. The van der Waals surface area contributed by atoms with Gasteiger partial charge in [-0.3, -0.25) is 0 Å². The van der Waals surface area contributed by atoms with E-state index in [0.717, 1.165) is 40.3 Å². The van der Waals surface area contributed by atoms with Gasteiger partial charge in [0.1, 0.15) is 0 Å². The van der Waals surface area contributed by atoms with Gasteiger partial charge in [-0.1, -0.05) is 81.5 Å². The Balaban J connectivity index is 1.49. The maximum atomic E-state index is 3.93. The zero-order chi connectivity index (χ0) is 20.1. The molecule has 0 aromatic heterocycles. The number of hydrogen-bond donors (Lipinski definition) is 0. The third kappa shape index (κ3) is 3.58. The van der Waals surface area contributed by atoms with E-state index >= 15 is 0 Å². The SMILES string of the molecule is CC(C)CCCC(C)C1CCC2C3CC=C4CC(Br)CC[C@]4(C)C3CC[C@]12C. The smallest absolute Gasteiger partial charge is 0.0183 e. The second-order valence-corrected chi connectivity index (χ2v) is 13.4. The summed E-state index contributed by atoms with van der Waals surface area (Å²) in [7, 11) is 0. The van der Waals surface area contributed by atoms with Crippen molar-refractivity contribution in [2.45, 2.75) is 110 Å². The monoisotopic (exact) mass is 448 g/mol. The molecular formula is C27H45Br. The van der Waals surface area contributed by atoms with Gasteiger partial charge in [-0.05, 0) is 97.7 Å². The molecule has 4 aliphatic carbocycles. The Labute approximate surface area is 183 Å². The number of fused-ring (bicyclic) bond motifs is 5. The van der Waals surface area contributed by atoms with Crippen LogP contribution in [-0.4, -0.2) is 4.83 Å². The lowest BCUT2D eigenvalue weighted by molar-refractivity contribution is -0.0496. The highest BCUT2D eigenvalue weighted by Gasteiger charge is 2.58. The molecule has 0 amide bonds. The van der Waals surface area contributed by atoms with Crippen molar-refractivity contribution in [1.29, 1.82) is 0 Å². The largest absolute Gasteiger partial charge is 0.0887 e. The van der Waals surface area contributed by atoms with E-state index in [1.165, 1.54) is 70.6 Å². The van der Waals surface area contributed by atoms with Gasteiger partial charge in [0, 0.05) is 4.83 Å². The Kier molecular flexibility index (Phi) is 6.17. The van der Waals surface area contributed by atoms with Gasteiger partial charge in [-0.2, -0.15) is 0 Å². The molecule has 6 unspecified atom stereocenters. The summed E-state index contributed by atoms with van der Waals surface area (Å²) in [5, 5.41) is 0. The minimum atomic E-state index is 0.523. The highest BCUT2D eigenvalue weighted by molar-refractivity contribution is 9.09. The molecular weight excluding hydrogens is 404 g/mol. The average molecular weight is 450 g/mol. The lowest BCUT2D eigenvalue weighted by atomic mass is 9.47. The first kappa shape index (κ1) is 21.5. The fourth-order valence-electron chi connectivity index (χ4n) is 8.64. The Morgan fingerprint density at radius 2 is 1.79 bits per heavy atom. The minimum absolute atomic E-state index is 0.523. The predicted molar refractivity (Wildman–Crippen MR) is 126 cm³/mol. The van der Waals surface area contributed by atoms with Crippen LogP contribution in [0.3, 0.4) is 0 Å². The van der Waals surface area contributed by atoms with Crippen LogP contribution in [0.15, 0.2) is 11.6 Å². The fourth-order valence-corrected chi connectivity index (χ4v) is 9.22. The second-order valence-electron chi connectivity index (χ2n) is 12.1. The molecule has 3 saturated carbocycles. The van der Waals surface area contributed by atoms with Crippen LogP contribution < -0.4 is 0 Å². The number of allylic oxidation sites excluding steroid dienone is 2. The molecule has 0 N–H and O–H groups in total. The summed E-state index contributed by atoms with van der Waals surface area (Å²) in [6, 6.07) is 0. The molecule has 0 nitrogen and oxygen atoms in total. The molecule has 0 aromatic carbocycles. The van der Waals surface area contributed by atoms with Crippen molar-refractivity contribution in [2.24, 2.45) is 46.3 Å². The normalized spacial score (nSPS) is 46.5. The molecule has 0 saturated heterocycles. The van der Waals surface area contributed by atoms with Crippen LogP contribution in [0.2, 0.25) is 0 Å². The van der Waals surface area contributed by atoms with E-state index in [1.54, 1.807) is 0 Å². The van der Waals surface area contributed by atoms with E-state index < -0.39 is 0 Å². The summed E-state index contributed by atoms with van der Waals surface area (Å²) in [6.45, 7) is 12.7. The van der Waals surface area contributed by atoms with Gasteiger partial charge in [0.25, 0.3) is 0 Å². The van der Waals surface area contributed by atoms with Crippen molar-refractivity contribution in [3.8, 4) is 0 Å². The van der Waals surface area contributed by atoms with Gasteiger partial charge in [0.05, 0.1) is 0 Å². The summed E-state index contributed by atoms with van der Waals surface area (Å²) in [5.74, 6) is 5.74. The summed E-state index contributed by atoms with van der Waals surface area (Å²) in [6.07, 6.45) is 18.6. The molecule has 0 heterocycles. The second kappa shape index (κ2) is 8.05. The molecule has 0 spiro atoms. The van der Waals surface area contributed by atoms with Crippen molar-refractivity contribution in [3.63, 3.8) is 0 Å². The standard InChI is InChI=1S/C27H45Br/c1-18(2)7-6-8-19(3)23-11-12-24-22-10-9-20-17-21(28)13-15-26(20,4)25(22)14-16-27(23,24)5/h9,18-19,21-25H,6-8,10-17H2,1-5H3/t19?,21?,22?,23?,24?,25?,26-,27+/m0/s1. The molecule has 0 aliphatic heterocycles. The Morgan fingerprint density at radius 1 is 1.00 bits per heavy atom. The van der Waals surface area contributed by atoms with Crippen LogP contribution in [0.4, 0.5) is 0 Å². The third-order valence-electron chi connectivity index (χ3n) is 10.2. The van der Waals surface area contributed by atoms with E-state index in [1.807, 2.05) is 5.57 Å². The van der Waals surface area contributed by atoms with Crippen molar-refractivity contribution >= 4 is 15.9 Å². The molecule has 4 aliphatic rings. The molecule has 8 atom stereocenters. The van der Waals surface area contributed by atoms with E-state index in [-0.39, 0.29) is 0 Å². The van der Waals surface area contributed by atoms with Crippen LogP contribution in [0.1, 0.15) is 105 Å². The topological polar surface area (TPSA) is 0 Å². The van der Waals surface area contributed by atoms with Crippen LogP contribution in [0.25, 0.3) is 0 Å². The maximum absolute atomic E-state index is 3.93. The summed E-state index contributed by atoms with van der Waals surface area (Å²) < 4.78 is 0. The lowest BCUT2D eigenvalue weighted by Crippen LogP contribution is -2.50. The van der Waals surface area contributed by atoms with Gasteiger partial charge in [0.2, 0.25) is 0 Å². The van der Waals surface area contributed by atoms with Crippen LogP contribution >= 0.6 is 15.9 Å². The molecule has 0 aromatic rings. The predicted octanol–water partition coefficient (Wildman–Crippen LogP) is 8.79. The quantitative estimate of drug-likeness (QED) is 0.291. The van der Waals surface area contributed by atoms with Crippen molar-refractivity contribution in [2.75, 3.05) is 0 Å². The zero-order valence-corrected chi connectivity index (χ0v) is 20.9. The number of rotatable bonds is 5. The van der Waals surface area contributed by atoms with Gasteiger partial charge >= 0.3 is 0 Å². The van der Waals surface area contributed by atoms with E-state index in [4.69, 9.17) is 0 Å². The van der Waals surface area contributed by atoms with Crippen molar-refractivity contribution < 1.29 is 0 Å². The van der Waals surface area contributed by atoms with E-state index in [2.05, 4.69) is 56.6 Å². The molecule has 1 heteroatoms. The Morgan fingerprint density at radius 3 is 2.54 bits per heavy atom. The summed E-state index contributed by atoms with van der Waals surface area (Å²) >= 11 is 3.93. The van der Waals surface area contributed by atoms with Gasteiger partial charge < -0.3 is 0 Å². The molecule has 0 bridgehead atoms. The fraction of sp³-hybridized carbons (Fsp3) is 0.926. The number of hydrogen-bond acceptors (Lipinski definition) is 0. The van der Waals surface area contributed by atoms with Crippen molar-refractivity contribution in [1.82, 2.24) is 0 Å². The van der Waals surface area contributed by atoms with Gasteiger partial charge in [0.15, 0.2) is 0 Å². The van der Waals surface area contributed by atoms with E-state index in [0.29, 0.717) is 10.8 Å². The first-order valence-corrected chi connectivity index (χ1v) is 13.5. The lowest BCUT2D eigenvalue weighted by Gasteiger charge is -2.58. The van der Waals surface area contributed by atoms with Gasteiger partial charge in [-0.25, -0.2) is 0 Å². The van der Waals surface area contributed by atoms with Crippen LogP contribution in [0, 0.1) is 46.3 Å². The molecule has 3 fully saturated rings. The van der Waals surface area contributed by atoms with Crippen LogP contribution in [0.5, 0.6) is 0 Å². The Hall–Kier alpha value is 0.220. The average Bonchev–Trinajstić information content (AvgIpc) is 2.99. The van der Waals surface area contributed by atoms with E-state index in [9.17, 15) is 0 Å².